The maximum absolute atomic E-state index is 11.7. The zero-order valence-electron chi connectivity index (χ0n) is 13.4. The molecule has 112 valence electrons. The van der Waals surface area contributed by atoms with Gasteiger partial charge < -0.3 is 10.2 Å². The molecule has 0 bridgehead atoms. The first-order chi connectivity index (χ1) is 9.65. The summed E-state index contributed by atoms with van der Waals surface area (Å²) in [6, 6.07) is 4.40. The van der Waals surface area contributed by atoms with Crippen molar-refractivity contribution in [2.45, 2.75) is 64.7 Å². The number of unbranched alkanes of at least 4 members (excludes halogenated alkanes) is 7. The van der Waals surface area contributed by atoms with Gasteiger partial charge in [-0.25, -0.2) is 4.79 Å². The number of aryl methyl sites for hydroxylation is 1. The molecular weight excluding hydrogens is 291 g/mol. The summed E-state index contributed by atoms with van der Waals surface area (Å²) in [7, 11) is 0. The standard InChI is InChI=1S/C17H26O3.K/c1-2-3-4-5-6-7-8-9-10-14-11-12-15(17(19)20)13-16(14)18;/h11-13,18H,2-10H2,1H3,(H,19,20);/q;+1/p-1. The van der Waals surface area contributed by atoms with Crippen LogP contribution in [0.15, 0.2) is 18.2 Å². The van der Waals surface area contributed by atoms with Crippen LogP contribution in [0.4, 0.5) is 0 Å². The molecule has 0 aromatic heterocycles. The van der Waals surface area contributed by atoms with Crippen molar-refractivity contribution in [3.63, 3.8) is 0 Å². The Labute approximate surface area is 170 Å². The second kappa shape index (κ2) is 12.6. The van der Waals surface area contributed by atoms with Crippen LogP contribution in [0, 0.1) is 0 Å². The maximum atomic E-state index is 11.7. The normalized spacial score (nSPS) is 10.1. The van der Waals surface area contributed by atoms with Crippen LogP contribution < -0.4 is 56.5 Å². The molecule has 0 aliphatic heterocycles. The monoisotopic (exact) mass is 316 g/mol. The zero-order valence-corrected chi connectivity index (χ0v) is 16.5. The van der Waals surface area contributed by atoms with Gasteiger partial charge in [0.1, 0.15) is 0 Å². The molecule has 4 heteroatoms. The minimum absolute atomic E-state index is 0. The van der Waals surface area contributed by atoms with E-state index in [9.17, 15) is 9.90 Å². The van der Waals surface area contributed by atoms with E-state index in [1.54, 1.807) is 6.07 Å². The molecule has 0 atom stereocenters. The van der Waals surface area contributed by atoms with Gasteiger partial charge in [0.2, 0.25) is 0 Å². The summed E-state index contributed by atoms with van der Waals surface area (Å²) in [4.78, 5) is 10.7. The second-order valence-electron chi connectivity index (χ2n) is 5.35. The van der Waals surface area contributed by atoms with E-state index in [0.717, 1.165) is 24.8 Å². The van der Waals surface area contributed by atoms with Gasteiger partial charge in [0.25, 0.3) is 0 Å². The van der Waals surface area contributed by atoms with Gasteiger partial charge in [0.05, 0.1) is 5.56 Å². The Morgan fingerprint density at radius 2 is 1.62 bits per heavy atom. The van der Waals surface area contributed by atoms with Crippen molar-refractivity contribution in [1.82, 2.24) is 0 Å². The summed E-state index contributed by atoms with van der Waals surface area (Å²) >= 11 is 0. The summed E-state index contributed by atoms with van der Waals surface area (Å²) in [5, 5.41) is 20.5. The minimum atomic E-state index is -1.04. The first-order valence-corrected chi connectivity index (χ1v) is 7.68. The molecule has 1 N–H and O–H groups in total. The van der Waals surface area contributed by atoms with Gasteiger partial charge in [-0.2, -0.15) is 0 Å². The SMILES string of the molecule is CCCCCCCCCCc1ccc(C(=O)O)cc1[O-].[K+]. The summed E-state index contributed by atoms with van der Waals surface area (Å²) in [6.07, 6.45) is 10.7. The molecule has 0 radical (unpaired) electrons. The van der Waals surface area contributed by atoms with Gasteiger partial charge in [-0.1, -0.05) is 69.6 Å². The van der Waals surface area contributed by atoms with E-state index in [1.165, 1.54) is 50.7 Å². The third-order valence-electron chi connectivity index (χ3n) is 3.61. The van der Waals surface area contributed by atoms with E-state index >= 15 is 0 Å². The fraction of sp³-hybridized carbons (Fsp3) is 0.588. The average Bonchev–Trinajstić information content (AvgIpc) is 2.43. The molecule has 0 amide bonds. The number of carbonyl (C=O) groups is 1. The van der Waals surface area contributed by atoms with Crippen LogP contribution in [0.5, 0.6) is 5.75 Å². The zero-order chi connectivity index (χ0) is 14.8. The maximum Gasteiger partial charge on any atom is 1.00 e. The number of hydrogen-bond acceptors (Lipinski definition) is 2. The molecule has 0 aliphatic rings. The summed E-state index contributed by atoms with van der Waals surface area (Å²) < 4.78 is 0. The Bertz CT molecular complexity index is 418. The van der Waals surface area contributed by atoms with Crippen molar-refractivity contribution in [2.75, 3.05) is 0 Å². The van der Waals surface area contributed by atoms with Crippen molar-refractivity contribution in [2.24, 2.45) is 0 Å². The number of benzene rings is 1. The molecule has 21 heavy (non-hydrogen) atoms. The molecule has 0 fully saturated rings. The largest absolute Gasteiger partial charge is 1.00 e. The first kappa shape index (κ1) is 21.1. The van der Waals surface area contributed by atoms with Gasteiger partial charge >= 0.3 is 57.4 Å². The molecule has 0 saturated heterocycles. The number of aromatic carboxylic acids is 1. The predicted octanol–water partition coefficient (Wildman–Crippen LogP) is 1.15. The smallest absolute Gasteiger partial charge is 0.872 e. The van der Waals surface area contributed by atoms with E-state index in [4.69, 9.17) is 5.11 Å². The van der Waals surface area contributed by atoms with E-state index in [0.29, 0.717) is 0 Å². The molecule has 0 spiro atoms. The average molecular weight is 316 g/mol. The van der Waals surface area contributed by atoms with Crippen molar-refractivity contribution in [3.8, 4) is 5.75 Å². The van der Waals surface area contributed by atoms with Crippen LogP contribution in [0.1, 0.15) is 74.2 Å². The van der Waals surface area contributed by atoms with Crippen LogP contribution in [-0.4, -0.2) is 11.1 Å². The molecule has 0 saturated carbocycles. The Morgan fingerprint density at radius 1 is 1.05 bits per heavy atom. The summed E-state index contributed by atoms with van der Waals surface area (Å²) in [6.45, 7) is 2.22. The van der Waals surface area contributed by atoms with E-state index in [2.05, 4.69) is 6.92 Å². The van der Waals surface area contributed by atoms with Crippen LogP contribution >= 0.6 is 0 Å². The number of hydrogen-bond donors (Lipinski definition) is 1. The Hall–Kier alpha value is 0.126. The molecule has 0 aliphatic carbocycles. The molecule has 3 nitrogen and oxygen atoms in total. The van der Waals surface area contributed by atoms with Gasteiger partial charge in [0, 0.05) is 0 Å². The van der Waals surface area contributed by atoms with Crippen molar-refractivity contribution in [1.29, 1.82) is 0 Å². The van der Waals surface area contributed by atoms with Crippen LogP contribution in [0.2, 0.25) is 0 Å². The quantitative estimate of drug-likeness (QED) is 0.520. The van der Waals surface area contributed by atoms with E-state index < -0.39 is 5.97 Å². The van der Waals surface area contributed by atoms with Crippen LogP contribution in [0.25, 0.3) is 0 Å². The van der Waals surface area contributed by atoms with E-state index in [1.807, 2.05) is 0 Å². The van der Waals surface area contributed by atoms with Gasteiger partial charge in [-0.05, 0) is 18.9 Å². The van der Waals surface area contributed by atoms with Gasteiger partial charge in [-0.15, -0.1) is 5.75 Å². The van der Waals surface area contributed by atoms with Crippen molar-refractivity contribution in [3.05, 3.63) is 29.3 Å². The first-order valence-electron chi connectivity index (χ1n) is 7.68. The molecule has 0 unspecified atom stereocenters. The molecule has 1 aromatic rings. The number of carboxylic acid groups (broad SMARTS) is 1. The van der Waals surface area contributed by atoms with Crippen LogP contribution in [-0.2, 0) is 6.42 Å². The van der Waals surface area contributed by atoms with Crippen molar-refractivity contribution >= 4 is 5.97 Å². The van der Waals surface area contributed by atoms with Gasteiger partial charge in [-0.3, -0.25) is 0 Å². The Kier molecular flexibility index (Phi) is 12.7. The fourth-order valence-corrected chi connectivity index (χ4v) is 2.34. The topological polar surface area (TPSA) is 60.4 Å². The summed E-state index contributed by atoms with van der Waals surface area (Å²) in [5.74, 6) is -1.19. The van der Waals surface area contributed by atoms with Crippen molar-refractivity contribution < 1.29 is 66.4 Å². The molecule has 0 heterocycles. The molecule has 1 rings (SSSR count). The van der Waals surface area contributed by atoms with Crippen LogP contribution in [0.3, 0.4) is 0 Å². The second-order valence-corrected chi connectivity index (χ2v) is 5.35. The molecule has 1 aromatic carbocycles. The number of rotatable bonds is 10. The molecular formula is C17H25KO3. The number of carboxylic acids is 1. The Morgan fingerprint density at radius 3 is 2.14 bits per heavy atom. The summed E-state index contributed by atoms with van der Waals surface area (Å²) in [5.41, 5.74) is 0.815. The fourth-order valence-electron chi connectivity index (χ4n) is 2.34. The third kappa shape index (κ3) is 8.99. The third-order valence-corrected chi connectivity index (χ3v) is 3.61. The van der Waals surface area contributed by atoms with E-state index in [-0.39, 0.29) is 62.7 Å². The predicted molar refractivity (Wildman–Crippen MR) is 79.2 cm³/mol. The minimum Gasteiger partial charge on any atom is -0.872 e. The van der Waals surface area contributed by atoms with Gasteiger partial charge in [0.15, 0.2) is 0 Å². The Balaban J connectivity index is 0.00000400.